The monoisotopic (exact) mass is 519 g/mol. The van der Waals surface area contributed by atoms with Crippen molar-refractivity contribution in [2.45, 2.75) is 42.1 Å². The molecular weight excluding hydrogens is 494 g/mol. The Morgan fingerprint density at radius 2 is 1.77 bits per heavy atom. The summed E-state index contributed by atoms with van der Waals surface area (Å²) < 4.78 is 4.59. The lowest BCUT2D eigenvalue weighted by Crippen LogP contribution is -2.71. The number of Topliss-reactive ketones (excluding diaryl/α,β-unsaturated/α-hetero) is 1. The molecule has 2 fully saturated rings. The van der Waals surface area contributed by atoms with E-state index in [4.69, 9.17) is 10.5 Å². The first-order valence-electron chi connectivity index (χ1n) is 10.7. The van der Waals surface area contributed by atoms with Crippen LogP contribution in [-0.4, -0.2) is 62.4 Å². The molecule has 0 radical (unpaired) electrons. The van der Waals surface area contributed by atoms with E-state index in [9.17, 15) is 24.3 Å². The van der Waals surface area contributed by atoms with Crippen molar-refractivity contribution in [1.82, 2.24) is 10.2 Å². The predicted octanol–water partition coefficient (Wildman–Crippen LogP) is 1.79. The van der Waals surface area contributed by atoms with Gasteiger partial charge in [-0.1, -0.05) is 42.5 Å². The molecule has 2 aliphatic rings. The number of halogens is 1. The number of esters is 1. The van der Waals surface area contributed by atoms with Gasteiger partial charge in [-0.25, -0.2) is 4.79 Å². The number of amides is 2. The number of aromatic hydroxyl groups is 1. The molecule has 0 bridgehead atoms. The van der Waals surface area contributed by atoms with Crippen molar-refractivity contribution in [2.24, 2.45) is 5.73 Å². The van der Waals surface area contributed by atoms with Crippen LogP contribution in [0.15, 0.2) is 54.6 Å². The third-order valence-electron chi connectivity index (χ3n) is 5.94. The minimum absolute atomic E-state index is 0. The summed E-state index contributed by atoms with van der Waals surface area (Å²) in [6, 6.07) is 11.7. The summed E-state index contributed by atoms with van der Waals surface area (Å²) in [7, 11) is 0. The summed E-state index contributed by atoms with van der Waals surface area (Å²) in [5.41, 5.74) is 6.93. The highest BCUT2D eigenvalue weighted by atomic mass is 35.5. The number of ether oxygens (including phenoxy) is 1. The van der Waals surface area contributed by atoms with Gasteiger partial charge in [-0.05, 0) is 31.5 Å². The summed E-state index contributed by atoms with van der Waals surface area (Å²) in [6.45, 7) is 3.21. The Kier molecular flexibility index (Phi) is 7.78. The molecule has 35 heavy (non-hydrogen) atoms. The number of carbonyl (C=O) groups is 4. The van der Waals surface area contributed by atoms with Crippen LogP contribution in [0.3, 0.4) is 0 Å². The lowest BCUT2D eigenvalue weighted by molar-refractivity contribution is -0.163. The highest BCUT2D eigenvalue weighted by Gasteiger charge is 2.64. The topological polar surface area (TPSA) is 139 Å². The molecule has 2 aromatic carbocycles. The number of fused-ring (bicyclic) bond motifs is 1. The maximum atomic E-state index is 12.9. The van der Waals surface area contributed by atoms with E-state index in [1.807, 2.05) is 13.8 Å². The number of hydrogen-bond donors (Lipinski definition) is 3. The lowest BCUT2D eigenvalue weighted by Gasteiger charge is -2.44. The number of β-lactam (4-membered cyclic amide) rings is 1. The zero-order valence-corrected chi connectivity index (χ0v) is 20.7. The Morgan fingerprint density at radius 3 is 2.40 bits per heavy atom. The minimum atomic E-state index is -1.02. The Bertz CT molecular complexity index is 1130. The van der Waals surface area contributed by atoms with Crippen molar-refractivity contribution in [3.05, 3.63) is 65.7 Å². The Balaban J connectivity index is 0.00000342. The third kappa shape index (κ3) is 5.14. The van der Waals surface area contributed by atoms with E-state index in [0.717, 1.165) is 0 Å². The van der Waals surface area contributed by atoms with Gasteiger partial charge in [0.2, 0.25) is 11.8 Å². The Morgan fingerprint density at radius 1 is 1.14 bits per heavy atom. The molecule has 9 nitrogen and oxygen atoms in total. The zero-order chi connectivity index (χ0) is 24.6. The number of benzene rings is 2. The van der Waals surface area contributed by atoms with E-state index in [1.54, 1.807) is 30.3 Å². The van der Waals surface area contributed by atoms with E-state index < -0.39 is 52.6 Å². The molecule has 11 heteroatoms. The van der Waals surface area contributed by atoms with Crippen LogP contribution in [-0.2, 0) is 19.1 Å². The maximum Gasteiger partial charge on any atom is 0.330 e. The molecule has 186 valence electrons. The molecule has 2 heterocycles. The standard InChI is InChI=1S/C24H25N3O6S.ClH/c1-24(2)19(23(32)33-12-16(29)13-6-4-3-5-7-13)27-21(31)18(22(27)34-24)26-20(30)17(25)14-8-10-15(28)11-9-14;/h3-11,17-19,22,28H,12,25H2,1-2H3,(H,26,30);1H/t17?,18?,19-,22+;/m0./s1. The number of hydrogen-bond acceptors (Lipinski definition) is 8. The Hall–Kier alpha value is -3.08. The van der Waals surface area contributed by atoms with Crippen LogP contribution in [0.25, 0.3) is 0 Å². The first kappa shape index (κ1) is 26.5. The van der Waals surface area contributed by atoms with Gasteiger partial charge in [0.15, 0.2) is 12.4 Å². The van der Waals surface area contributed by atoms with Crippen molar-refractivity contribution in [1.29, 1.82) is 0 Å². The van der Waals surface area contributed by atoms with Crippen LogP contribution in [0.4, 0.5) is 0 Å². The highest BCUT2D eigenvalue weighted by molar-refractivity contribution is 8.01. The molecule has 2 saturated heterocycles. The molecule has 0 spiro atoms. The number of nitrogens with zero attached hydrogens (tertiary/aromatic N) is 1. The van der Waals surface area contributed by atoms with Gasteiger partial charge < -0.3 is 25.8 Å². The highest BCUT2D eigenvalue weighted by Crippen LogP contribution is 2.51. The number of phenolic OH excluding ortho intramolecular Hbond substituents is 1. The van der Waals surface area contributed by atoms with E-state index in [1.165, 1.54) is 40.9 Å². The smallest absolute Gasteiger partial charge is 0.330 e. The number of nitrogens with two attached hydrogens (primary N) is 1. The van der Waals surface area contributed by atoms with E-state index in [2.05, 4.69) is 5.32 Å². The minimum Gasteiger partial charge on any atom is -0.508 e. The van der Waals surface area contributed by atoms with Gasteiger partial charge in [0.25, 0.3) is 0 Å². The normalized spacial score (nSPS) is 22.8. The molecule has 0 saturated carbocycles. The van der Waals surface area contributed by atoms with Gasteiger partial charge in [-0.15, -0.1) is 24.2 Å². The molecule has 4 rings (SSSR count). The fourth-order valence-electron chi connectivity index (χ4n) is 4.13. The van der Waals surface area contributed by atoms with E-state index >= 15 is 0 Å². The number of carbonyl (C=O) groups excluding carboxylic acids is 4. The van der Waals surface area contributed by atoms with Gasteiger partial charge >= 0.3 is 5.97 Å². The van der Waals surface area contributed by atoms with E-state index in [-0.39, 0.29) is 23.9 Å². The number of rotatable bonds is 7. The van der Waals surface area contributed by atoms with Gasteiger partial charge in [-0.2, -0.15) is 0 Å². The third-order valence-corrected chi connectivity index (χ3v) is 7.51. The summed E-state index contributed by atoms with van der Waals surface area (Å²) in [4.78, 5) is 52.1. The number of ketones is 1. The zero-order valence-electron chi connectivity index (χ0n) is 19.0. The summed E-state index contributed by atoms with van der Waals surface area (Å²) in [5, 5.41) is 11.6. The average Bonchev–Trinajstić information content (AvgIpc) is 3.08. The van der Waals surface area contributed by atoms with Crippen LogP contribution in [0, 0.1) is 0 Å². The summed E-state index contributed by atoms with van der Waals surface area (Å²) >= 11 is 1.38. The number of phenols is 1. The first-order chi connectivity index (χ1) is 16.1. The molecule has 4 atom stereocenters. The van der Waals surface area contributed by atoms with Crippen molar-refractivity contribution >= 4 is 47.7 Å². The second-order valence-electron chi connectivity index (χ2n) is 8.71. The Labute approximate surface area is 212 Å². The van der Waals surface area contributed by atoms with Crippen molar-refractivity contribution in [3.63, 3.8) is 0 Å². The molecule has 0 aliphatic carbocycles. The van der Waals surface area contributed by atoms with Crippen LogP contribution < -0.4 is 11.1 Å². The second kappa shape index (κ2) is 10.3. The first-order valence-corrected chi connectivity index (χ1v) is 11.6. The molecule has 2 amide bonds. The largest absolute Gasteiger partial charge is 0.508 e. The maximum absolute atomic E-state index is 12.9. The lowest BCUT2D eigenvalue weighted by atomic mass is 9.95. The number of nitrogens with one attached hydrogen (secondary N) is 1. The predicted molar refractivity (Wildman–Crippen MR) is 132 cm³/mol. The van der Waals surface area contributed by atoms with Crippen molar-refractivity contribution < 1.29 is 29.0 Å². The van der Waals surface area contributed by atoms with Crippen LogP contribution >= 0.6 is 24.2 Å². The SMILES string of the molecule is CC1(C)S[C@@H]2C(NC(=O)C(N)c3ccc(O)cc3)C(=O)N2[C@H]1C(=O)OCC(=O)c1ccccc1.Cl. The van der Waals surface area contributed by atoms with E-state index in [0.29, 0.717) is 11.1 Å². The molecule has 2 unspecified atom stereocenters. The fraction of sp³-hybridized carbons (Fsp3) is 0.333. The van der Waals surface area contributed by atoms with Crippen molar-refractivity contribution in [2.75, 3.05) is 6.61 Å². The quantitative estimate of drug-likeness (QED) is 0.286. The van der Waals surface area contributed by atoms with Crippen LogP contribution in [0.1, 0.15) is 35.8 Å². The molecule has 0 aromatic heterocycles. The van der Waals surface area contributed by atoms with Gasteiger partial charge in [0.05, 0.1) is 0 Å². The molecular formula is C24H26ClN3O6S. The molecule has 2 aliphatic heterocycles. The summed E-state index contributed by atoms with van der Waals surface area (Å²) in [6.07, 6.45) is 0. The molecule has 2 aromatic rings. The average molecular weight is 520 g/mol. The number of thioether (sulfide) groups is 1. The second-order valence-corrected chi connectivity index (χ2v) is 10.5. The van der Waals surface area contributed by atoms with Crippen LogP contribution in [0.5, 0.6) is 5.75 Å². The fourth-order valence-corrected chi connectivity index (χ4v) is 5.75. The van der Waals surface area contributed by atoms with Gasteiger partial charge in [0, 0.05) is 10.3 Å². The van der Waals surface area contributed by atoms with Gasteiger partial charge in [-0.3, -0.25) is 14.4 Å². The van der Waals surface area contributed by atoms with Crippen molar-refractivity contribution in [3.8, 4) is 5.75 Å². The van der Waals surface area contributed by atoms with Gasteiger partial charge in [0.1, 0.15) is 29.2 Å². The van der Waals surface area contributed by atoms with Crippen LogP contribution in [0.2, 0.25) is 0 Å². The molecule has 4 N–H and O–H groups in total. The summed E-state index contributed by atoms with van der Waals surface area (Å²) in [5.74, 6) is -1.90.